The van der Waals surface area contributed by atoms with E-state index in [4.69, 9.17) is 5.73 Å². The second-order valence-electron chi connectivity index (χ2n) is 5.99. The second kappa shape index (κ2) is 7.14. The molecule has 4 N–H and O–H groups in total. The van der Waals surface area contributed by atoms with Crippen LogP contribution in [0, 0.1) is 0 Å². The molecule has 0 aliphatic rings. The van der Waals surface area contributed by atoms with Gasteiger partial charge in [-0.25, -0.2) is 9.97 Å². The average Bonchev–Trinajstić information content (AvgIpc) is 3.35. The van der Waals surface area contributed by atoms with Crippen LogP contribution < -0.4 is 5.73 Å². The van der Waals surface area contributed by atoms with Crippen molar-refractivity contribution in [3.05, 3.63) is 76.5 Å². The van der Waals surface area contributed by atoms with Gasteiger partial charge in [-0.2, -0.15) is 0 Å². The highest BCUT2D eigenvalue weighted by Crippen LogP contribution is 2.28. The number of H-pyrrole nitrogens is 1. The van der Waals surface area contributed by atoms with Gasteiger partial charge >= 0.3 is 0 Å². The lowest BCUT2D eigenvalue weighted by atomic mass is 10.0. The number of carbonyl (C=O) groups is 1. The maximum absolute atomic E-state index is 11.0. The first-order valence-corrected chi connectivity index (χ1v) is 9.12. The molecule has 0 aliphatic carbocycles. The zero-order chi connectivity index (χ0) is 18.8. The largest absolute Gasteiger partial charge is 0.381 e. The number of nitrogens with two attached hydrogens (primary N) is 1. The summed E-state index contributed by atoms with van der Waals surface area (Å²) in [7, 11) is 0. The molecular formula is C20H16N4O2S. The number of hydrogen-bond acceptors (Lipinski definition) is 5. The van der Waals surface area contributed by atoms with Gasteiger partial charge in [-0.1, -0.05) is 24.3 Å². The molecule has 3 heterocycles. The van der Waals surface area contributed by atoms with Crippen molar-refractivity contribution in [3.63, 3.8) is 0 Å². The number of aliphatic hydroxyl groups excluding tert-OH is 1. The number of primary amides is 1. The lowest BCUT2D eigenvalue weighted by Gasteiger charge is -2.09. The molecule has 27 heavy (non-hydrogen) atoms. The molecule has 1 aromatic carbocycles. The molecule has 1 amide bonds. The molecule has 1 unspecified atom stereocenters. The molecule has 134 valence electrons. The highest BCUT2D eigenvalue weighted by Gasteiger charge is 2.13. The van der Waals surface area contributed by atoms with Crippen LogP contribution in [0.2, 0.25) is 0 Å². The van der Waals surface area contributed by atoms with Gasteiger partial charge in [-0.3, -0.25) is 4.79 Å². The number of thiazole rings is 1. The Morgan fingerprint density at radius 3 is 2.74 bits per heavy atom. The van der Waals surface area contributed by atoms with Crippen molar-refractivity contribution in [2.24, 2.45) is 5.73 Å². The number of benzene rings is 1. The molecule has 3 aromatic heterocycles. The Kier molecular flexibility index (Phi) is 4.53. The third-order valence-electron chi connectivity index (χ3n) is 4.24. The second-order valence-corrected chi connectivity index (χ2v) is 6.92. The number of rotatable bonds is 5. The number of fused-ring (bicyclic) bond motifs is 1. The molecule has 0 saturated carbocycles. The van der Waals surface area contributed by atoms with Gasteiger partial charge in [0.05, 0.1) is 0 Å². The van der Waals surface area contributed by atoms with Gasteiger partial charge in [0.2, 0.25) is 5.91 Å². The van der Waals surface area contributed by atoms with Crippen LogP contribution in [0.15, 0.2) is 60.4 Å². The molecule has 6 nitrogen and oxygen atoms in total. The van der Waals surface area contributed by atoms with Crippen LogP contribution in [-0.4, -0.2) is 26.0 Å². The number of carbonyl (C=O) groups excluding carboxylic acids is 1. The summed E-state index contributed by atoms with van der Waals surface area (Å²) >= 11 is 1.42. The maximum Gasteiger partial charge on any atom is 0.241 e. The van der Waals surface area contributed by atoms with E-state index in [1.165, 1.54) is 17.4 Å². The average molecular weight is 376 g/mol. The van der Waals surface area contributed by atoms with Crippen LogP contribution in [0.4, 0.5) is 0 Å². The van der Waals surface area contributed by atoms with Crippen molar-refractivity contribution >= 4 is 34.4 Å². The highest BCUT2D eigenvalue weighted by atomic mass is 32.1. The van der Waals surface area contributed by atoms with Crippen molar-refractivity contribution in [1.82, 2.24) is 15.0 Å². The number of hydrogen-bond donors (Lipinski definition) is 3. The van der Waals surface area contributed by atoms with Gasteiger partial charge in [0.25, 0.3) is 0 Å². The monoisotopic (exact) mass is 376 g/mol. The third kappa shape index (κ3) is 3.51. The lowest BCUT2D eigenvalue weighted by Crippen LogP contribution is -2.04. The van der Waals surface area contributed by atoms with Gasteiger partial charge in [0.15, 0.2) is 0 Å². The lowest BCUT2D eigenvalue weighted by molar-refractivity contribution is -0.113. The van der Waals surface area contributed by atoms with Crippen LogP contribution in [0.1, 0.15) is 22.2 Å². The minimum atomic E-state index is -0.727. The molecule has 0 saturated heterocycles. The first kappa shape index (κ1) is 17.1. The van der Waals surface area contributed by atoms with Gasteiger partial charge in [-0.15, -0.1) is 11.3 Å². The number of pyridine rings is 1. The number of aromatic nitrogens is 3. The molecule has 0 radical (unpaired) electrons. The zero-order valence-electron chi connectivity index (χ0n) is 14.2. The smallest absolute Gasteiger partial charge is 0.241 e. The number of aliphatic hydroxyl groups is 1. The SMILES string of the molecule is NC(=O)/C=C/c1c[nH]c2ncc(-c3ccc(C(O)c4nccs4)cc3)cc12. The van der Waals surface area contributed by atoms with Crippen LogP contribution >= 0.6 is 11.3 Å². The minimum Gasteiger partial charge on any atom is -0.381 e. The predicted molar refractivity (Wildman–Crippen MR) is 106 cm³/mol. The Morgan fingerprint density at radius 1 is 1.22 bits per heavy atom. The fourth-order valence-electron chi connectivity index (χ4n) is 2.86. The van der Waals surface area contributed by atoms with E-state index in [0.717, 1.165) is 33.3 Å². The minimum absolute atomic E-state index is 0.497. The first-order valence-electron chi connectivity index (χ1n) is 8.24. The van der Waals surface area contributed by atoms with E-state index < -0.39 is 12.0 Å². The molecule has 4 aromatic rings. The van der Waals surface area contributed by atoms with E-state index in [0.29, 0.717) is 5.01 Å². The topological polar surface area (TPSA) is 105 Å². The summed E-state index contributed by atoms with van der Waals surface area (Å²) < 4.78 is 0. The number of nitrogens with one attached hydrogen (secondary N) is 1. The Labute approximate surface area is 159 Å². The summed E-state index contributed by atoms with van der Waals surface area (Å²) in [4.78, 5) is 22.7. The molecule has 0 bridgehead atoms. The molecule has 0 aliphatic heterocycles. The number of amides is 1. The van der Waals surface area contributed by atoms with E-state index in [1.807, 2.05) is 35.7 Å². The standard InChI is InChI=1S/C20H16N4O2S/c21-17(25)6-5-14-10-23-19-16(14)9-15(11-24-19)12-1-3-13(4-2-12)18(26)20-22-7-8-27-20/h1-11,18,26H,(H2,21,25)(H,23,24)/b6-5+. The molecule has 4 rings (SSSR count). The zero-order valence-corrected chi connectivity index (χ0v) is 15.0. The van der Waals surface area contributed by atoms with Crippen LogP contribution in [0.25, 0.3) is 28.2 Å². The Bertz CT molecular complexity index is 1110. The Balaban J connectivity index is 1.65. The summed E-state index contributed by atoms with van der Waals surface area (Å²) in [5, 5.41) is 13.8. The van der Waals surface area contributed by atoms with Crippen molar-refractivity contribution in [1.29, 1.82) is 0 Å². The van der Waals surface area contributed by atoms with E-state index in [1.54, 1.807) is 24.7 Å². The normalized spacial score (nSPS) is 12.6. The number of nitrogens with zero attached hydrogens (tertiary/aromatic N) is 2. The van der Waals surface area contributed by atoms with Crippen molar-refractivity contribution in [3.8, 4) is 11.1 Å². The molecule has 0 spiro atoms. The fourth-order valence-corrected chi connectivity index (χ4v) is 3.51. The maximum atomic E-state index is 11.0. The summed E-state index contributed by atoms with van der Waals surface area (Å²) in [6.45, 7) is 0. The van der Waals surface area contributed by atoms with E-state index in [-0.39, 0.29) is 0 Å². The van der Waals surface area contributed by atoms with Crippen LogP contribution in [0.3, 0.4) is 0 Å². The summed E-state index contributed by atoms with van der Waals surface area (Å²) in [5.74, 6) is -0.497. The Hall–Kier alpha value is -3.29. The molecule has 7 heteroatoms. The summed E-state index contributed by atoms with van der Waals surface area (Å²) in [5.41, 5.74) is 9.45. The van der Waals surface area contributed by atoms with Crippen molar-refractivity contribution < 1.29 is 9.90 Å². The predicted octanol–water partition coefficient (Wildman–Crippen LogP) is 3.27. The molecule has 1 atom stereocenters. The molecule has 0 fully saturated rings. The number of aromatic amines is 1. The molecular weight excluding hydrogens is 360 g/mol. The van der Waals surface area contributed by atoms with Crippen LogP contribution in [-0.2, 0) is 4.79 Å². The van der Waals surface area contributed by atoms with E-state index in [2.05, 4.69) is 15.0 Å². The van der Waals surface area contributed by atoms with Gasteiger partial charge in [0, 0.05) is 46.6 Å². The summed E-state index contributed by atoms with van der Waals surface area (Å²) in [6.07, 6.45) is 7.51. The Morgan fingerprint density at radius 2 is 2.04 bits per heavy atom. The third-order valence-corrected chi connectivity index (χ3v) is 5.06. The van der Waals surface area contributed by atoms with E-state index >= 15 is 0 Å². The highest BCUT2D eigenvalue weighted by molar-refractivity contribution is 7.09. The van der Waals surface area contributed by atoms with E-state index in [9.17, 15) is 9.90 Å². The van der Waals surface area contributed by atoms with Crippen molar-refractivity contribution in [2.45, 2.75) is 6.10 Å². The van der Waals surface area contributed by atoms with Gasteiger partial charge in [0.1, 0.15) is 16.8 Å². The first-order chi connectivity index (χ1) is 13.1. The summed E-state index contributed by atoms with van der Waals surface area (Å²) in [6, 6.07) is 9.67. The van der Waals surface area contributed by atoms with Crippen molar-refractivity contribution in [2.75, 3.05) is 0 Å². The van der Waals surface area contributed by atoms with Gasteiger partial charge < -0.3 is 15.8 Å². The van der Waals surface area contributed by atoms with Crippen LogP contribution in [0.5, 0.6) is 0 Å². The van der Waals surface area contributed by atoms with Gasteiger partial charge in [-0.05, 0) is 23.3 Å². The fraction of sp³-hybridized carbons (Fsp3) is 0.0500. The quantitative estimate of drug-likeness (QED) is 0.465.